The summed E-state index contributed by atoms with van der Waals surface area (Å²) in [7, 11) is 2.86. The number of carbonyl (C=O) groups is 1. The first-order valence-electron chi connectivity index (χ1n) is 11.0. The van der Waals surface area contributed by atoms with E-state index in [2.05, 4.69) is 4.98 Å². The fourth-order valence-corrected chi connectivity index (χ4v) is 6.13. The molecule has 0 spiro atoms. The summed E-state index contributed by atoms with van der Waals surface area (Å²) >= 11 is -0.821. The second-order valence-corrected chi connectivity index (χ2v) is 10.5. The van der Waals surface area contributed by atoms with Crippen molar-refractivity contribution >= 4 is 37.1 Å². The van der Waals surface area contributed by atoms with Crippen LogP contribution in [0.15, 0.2) is 60.9 Å². The third-order valence-electron chi connectivity index (χ3n) is 5.47. The average molecular weight is 559 g/mol. The van der Waals surface area contributed by atoms with Crippen molar-refractivity contribution in [2.75, 3.05) is 14.2 Å². The number of carbonyl (C=O) groups excluding carboxylic acids is 1. The first kappa shape index (κ1) is 25.6. The van der Waals surface area contributed by atoms with E-state index in [0.29, 0.717) is 33.8 Å². The zero-order valence-corrected chi connectivity index (χ0v) is 21.7. The number of rotatable bonds is 8. The van der Waals surface area contributed by atoms with E-state index in [9.17, 15) is 18.0 Å². The molecule has 1 heterocycles. The van der Waals surface area contributed by atoms with Gasteiger partial charge in [0.05, 0.1) is 0 Å². The number of aromatic nitrogens is 2. The summed E-state index contributed by atoms with van der Waals surface area (Å²) in [6.07, 6.45) is -3.43. The number of nitrogens with zero attached hydrogens (tertiary/aromatic N) is 2. The zero-order valence-electron chi connectivity index (χ0n) is 19.8. The molecule has 187 valence electrons. The first-order chi connectivity index (χ1) is 17.2. The normalized spacial score (nSPS) is 11.8. The van der Waals surface area contributed by atoms with Crippen LogP contribution in [0, 0.1) is 6.92 Å². The number of hydrogen-bond acceptors (Lipinski definition) is 5. The Morgan fingerprint density at radius 2 is 1.81 bits per heavy atom. The fourth-order valence-electron chi connectivity index (χ4n) is 3.73. The predicted molar refractivity (Wildman–Crippen MR) is 131 cm³/mol. The molecule has 6 nitrogen and oxygen atoms in total. The molecule has 36 heavy (non-hydrogen) atoms. The van der Waals surface area contributed by atoms with E-state index in [4.69, 9.17) is 14.2 Å². The van der Waals surface area contributed by atoms with Crippen molar-refractivity contribution in [1.29, 1.82) is 0 Å². The van der Waals surface area contributed by atoms with Crippen LogP contribution in [0.2, 0.25) is 5.21 Å². The Hall–Kier alpha value is -3.45. The van der Waals surface area contributed by atoms with Crippen molar-refractivity contribution in [1.82, 2.24) is 9.55 Å². The van der Waals surface area contributed by atoms with E-state index in [-0.39, 0.29) is 5.21 Å². The van der Waals surface area contributed by atoms with Gasteiger partial charge in [0.25, 0.3) is 0 Å². The van der Waals surface area contributed by atoms with Gasteiger partial charge in [0.1, 0.15) is 0 Å². The summed E-state index contributed by atoms with van der Waals surface area (Å²) in [4.78, 5) is 16.5. The first-order valence-corrected chi connectivity index (χ1v) is 13.2. The minimum atomic E-state index is -4.21. The van der Waals surface area contributed by atoms with Gasteiger partial charge in [-0.3, -0.25) is 0 Å². The Bertz CT molecular complexity index is 1400. The molecular formula is C26H23AsF3N2O4. The summed E-state index contributed by atoms with van der Waals surface area (Å²) in [5.74, 6) is 1.06. The molecule has 0 aliphatic heterocycles. The number of halogens is 3. The van der Waals surface area contributed by atoms with Crippen molar-refractivity contribution in [2.45, 2.75) is 24.7 Å². The van der Waals surface area contributed by atoms with Crippen LogP contribution in [0.25, 0.3) is 16.7 Å². The van der Waals surface area contributed by atoms with Crippen molar-refractivity contribution in [2.24, 2.45) is 0 Å². The molecule has 0 saturated heterocycles. The molecule has 4 rings (SSSR count). The molecule has 0 saturated carbocycles. The number of imidazole rings is 1. The van der Waals surface area contributed by atoms with Gasteiger partial charge in [-0.15, -0.1) is 0 Å². The van der Waals surface area contributed by atoms with Crippen molar-refractivity contribution in [3.05, 3.63) is 72.1 Å². The maximum absolute atomic E-state index is 12.8. The number of fused-ring (bicyclic) bond motifs is 1. The van der Waals surface area contributed by atoms with Crippen LogP contribution in [0.5, 0.6) is 17.2 Å². The number of para-hydroxylation sites is 2. The minimum absolute atomic E-state index is 0.0208. The van der Waals surface area contributed by atoms with Crippen molar-refractivity contribution < 1.29 is 32.2 Å². The number of ether oxygens (including phenoxy) is 3. The molecule has 0 aliphatic carbocycles. The van der Waals surface area contributed by atoms with E-state index in [0.717, 1.165) is 15.6 Å². The molecule has 10 heteroatoms. The number of hydrogen-bond donors (Lipinski definition) is 0. The molecule has 0 N–H and O–H groups in total. The molecule has 0 fully saturated rings. The number of alkyl halides is 3. The summed E-state index contributed by atoms with van der Waals surface area (Å²) in [6.45, 7) is 1.80. The van der Waals surface area contributed by atoms with Crippen LogP contribution >= 0.6 is 0 Å². The van der Waals surface area contributed by atoms with E-state index >= 15 is 0 Å². The van der Waals surface area contributed by atoms with Crippen molar-refractivity contribution in [3.8, 4) is 22.9 Å². The van der Waals surface area contributed by atoms with E-state index < -0.39 is 34.3 Å². The Kier molecular flexibility index (Phi) is 7.59. The van der Waals surface area contributed by atoms with Crippen molar-refractivity contribution in [3.63, 3.8) is 0 Å². The van der Waals surface area contributed by atoms with Gasteiger partial charge >= 0.3 is 213 Å². The molecule has 3 aromatic carbocycles. The van der Waals surface area contributed by atoms with Gasteiger partial charge in [0, 0.05) is 0 Å². The molecule has 1 aromatic heterocycles. The second-order valence-electron chi connectivity index (χ2n) is 7.92. The van der Waals surface area contributed by atoms with Gasteiger partial charge in [-0.1, -0.05) is 0 Å². The summed E-state index contributed by atoms with van der Waals surface area (Å²) < 4.78 is 57.3. The van der Waals surface area contributed by atoms with Crippen LogP contribution in [0.1, 0.15) is 22.3 Å². The van der Waals surface area contributed by atoms with E-state index in [1.54, 1.807) is 49.6 Å². The van der Waals surface area contributed by atoms with Crippen LogP contribution in [0.3, 0.4) is 0 Å². The Balaban J connectivity index is 1.78. The second kappa shape index (κ2) is 10.7. The molecular weight excluding hydrogens is 536 g/mol. The standard InChI is InChI=1S/C26H23AsF3N2O4/c1-16-12-17(8-9-19(16)25(33)35-3)32-15-31-24-20(27-11-10-26(28,29)30)13-18(14-21(24)32)36-23-7-5-4-6-22(23)34-2/h4-9,12-15H,10-11H2,1-3H3. The fraction of sp³-hybridized carbons (Fsp3) is 0.231. The molecule has 0 aliphatic rings. The molecule has 4 aromatic rings. The molecule has 1 radical (unpaired) electrons. The van der Waals surface area contributed by atoms with Gasteiger partial charge in [0.2, 0.25) is 0 Å². The van der Waals surface area contributed by atoms with Crippen LogP contribution in [-0.2, 0) is 4.74 Å². The number of benzene rings is 3. The summed E-state index contributed by atoms with van der Waals surface area (Å²) in [5.41, 5.74) is 3.22. The van der Waals surface area contributed by atoms with Gasteiger partial charge < -0.3 is 0 Å². The van der Waals surface area contributed by atoms with Gasteiger partial charge in [-0.05, 0) is 0 Å². The number of methoxy groups -OCH3 is 2. The zero-order chi connectivity index (χ0) is 25.9. The summed E-state index contributed by atoms with van der Waals surface area (Å²) in [5, 5.41) is 0.0208. The SMILES string of the molecule is COC(=O)c1ccc(-n2cnc3c([As]CCC(F)(F)F)cc(Oc4ccccc4OC)cc32)cc1C. The molecule has 0 atom stereocenters. The van der Waals surface area contributed by atoms with E-state index in [1.165, 1.54) is 14.2 Å². The van der Waals surface area contributed by atoms with Crippen LogP contribution < -0.4 is 13.8 Å². The predicted octanol–water partition coefficient (Wildman–Crippen LogP) is 5.62. The topological polar surface area (TPSA) is 62.6 Å². The molecule has 0 unspecified atom stereocenters. The Morgan fingerprint density at radius 1 is 1.06 bits per heavy atom. The number of aryl methyl sites for hydroxylation is 1. The third kappa shape index (κ3) is 5.68. The van der Waals surface area contributed by atoms with Gasteiger partial charge in [-0.25, -0.2) is 0 Å². The van der Waals surface area contributed by atoms with Gasteiger partial charge in [-0.2, -0.15) is 0 Å². The molecule has 0 bridgehead atoms. The quantitative estimate of drug-likeness (QED) is 0.207. The third-order valence-corrected chi connectivity index (χ3v) is 7.84. The van der Waals surface area contributed by atoms with Crippen LogP contribution in [0.4, 0.5) is 13.2 Å². The summed E-state index contributed by atoms with van der Waals surface area (Å²) in [6, 6.07) is 16.0. The number of esters is 1. The van der Waals surface area contributed by atoms with Gasteiger partial charge in [0.15, 0.2) is 0 Å². The van der Waals surface area contributed by atoms with Crippen LogP contribution in [-0.4, -0.2) is 51.7 Å². The average Bonchev–Trinajstić information content (AvgIpc) is 3.27. The monoisotopic (exact) mass is 559 g/mol. The molecule has 0 amide bonds. The maximum atomic E-state index is 12.8. The Morgan fingerprint density at radius 3 is 2.47 bits per heavy atom. The van der Waals surface area contributed by atoms with E-state index in [1.807, 2.05) is 22.8 Å². The Labute approximate surface area is 212 Å².